The smallest absolute Gasteiger partial charge is 0.321 e. The molecule has 1 aromatic heterocycles. The van der Waals surface area contributed by atoms with Crippen LogP contribution in [0.1, 0.15) is 12.5 Å². The number of amides is 1. The van der Waals surface area contributed by atoms with E-state index in [-0.39, 0.29) is 46.2 Å². The highest BCUT2D eigenvalue weighted by atomic mass is 19.3. The van der Waals surface area contributed by atoms with Crippen molar-refractivity contribution in [2.75, 3.05) is 29.9 Å². The molecule has 0 bridgehead atoms. The van der Waals surface area contributed by atoms with Gasteiger partial charge < -0.3 is 9.47 Å². The first kappa shape index (κ1) is 19.7. The predicted molar refractivity (Wildman–Crippen MR) is 101 cm³/mol. The zero-order valence-corrected chi connectivity index (χ0v) is 16.3. The molecule has 2 unspecified atom stereocenters. The average molecular weight is 412 g/mol. The fraction of sp³-hybridized carbons (Fsp3) is 0.474. The number of piperazine rings is 1. The van der Waals surface area contributed by atoms with Crippen LogP contribution in [0.25, 0.3) is 10.9 Å². The van der Waals surface area contributed by atoms with E-state index in [1.165, 1.54) is 14.0 Å². The molecule has 1 aromatic carbocycles. The molecular formula is C19H20F4N4O2. The first-order valence-electron chi connectivity index (χ1n) is 9.15. The van der Waals surface area contributed by atoms with Gasteiger partial charge in [0.25, 0.3) is 11.5 Å². The van der Waals surface area contributed by atoms with Gasteiger partial charge in [-0.1, -0.05) is 0 Å². The van der Waals surface area contributed by atoms with Gasteiger partial charge in [-0.05, 0) is 27.0 Å². The van der Waals surface area contributed by atoms with Crippen molar-refractivity contribution in [3.8, 4) is 0 Å². The lowest BCUT2D eigenvalue weighted by Crippen LogP contribution is -2.66. The van der Waals surface area contributed by atoms with Crippen molar-refractivity contribution >= 4 is 28.2 Å². The summed E-state index contributed by atoms with van der Waals surface area (Å²) in [5, 5.41) is -0.0115. The summed E-state index contributed by atoms with van der Waals surface area (Å²) in [6, 6.07) is -0.00409. The highest BCUT2D eigenvalue weighted by Crippen LogP contribution is 2.43. The lowest BCUT2D eigenvalue weighted by Gasteiger charge is -2.49. The number of alkyl halides is 2. The molecule has 2 aliphatic rings. The van der Waals surface area contributed by atoms with Crippen molar-refractivity contribution in [1.82, 2.24) is 9.47 Å². The standard InChI is InChI=1S/C19H20F4N4O2/c1-8-6-26-12(7-24(8)3)17(28)27(19(22)23)16-15(26)10-5-11(20)9(2)13(21)14(10)25(4)18(16)29/h5,8,12,19H,6-7H2,1-4H3. The number of nitrogens with zero attached hydrogens (tertiary/aromatic N) is 4. The van der Waals surface area contributed by atoms with Gasteiger partial charge in [0.05, 0.1) is 11.2 Å². The number of aryl methyl sites for hydroxylation is 1. The predicted octanol–water partition coefficient (Wildman–Crippen LogP) is 2.20. The van der Waals surface area contributed by atoms with Crippen molar-refractivity contribution in [3.63, 3.8) is 0 Å². The topological polar surface area (TPSA) is 48.8 Å². The van der Waals surface area contributed by atoms with E-state index in [1.807, 2.05) is 11.8 Å². The molecule has 4 rings (SSSR count). The first-order chi connectivity index (χ1) is 13.6. The third-order valence-electron chi connectivity index (χ3n) is 6.04. The van der Waals surface area contributed by atoms with Gasteiger partial charge in [-0.3, -0.25) is 14.5 Å². The Bertz CT molecular complexity index is 1100. The van der Waals surface area contributed by atoms with Gasteiger partial charge in [0.15, 0.2) is 5.82 Å². The summed E-state index contributed by atoms with van der Waals surface area (Å²) in [5.41, 5.74) is -1.95. The highest BCUT2D eigenvalue weighted by Gasteiger charge is 2.47. The summed E-state index contributed by atoms with van der Waals surface area (Å²) in [7, 11) is 2.99. The maximum absolute atomic E-state index is 14.9. The molecule has 10 heteroatoms. The van der Waals surface area contributed by atoms with Crippen LogP contribution in [0.5, 0.6) is 0 Å². The minimum absolute atomic E-state index is 0.0115. The van der Waals surface area contributed by atoms with Crippen LogP contribution in [0.2, 0.25) is 0 Å². The lowest BCUT2D eigenvalue weighted by molar-refractivity contribution is -0.123. The third-order valence-corrected chi connectivity index (χ3v) is 6.04. The number of carbonyl (C=O) groups excluding carboxylic acids is 1. The zero-order chi connectivity index (χ0) is 21.4. The van der Waals surface area contributed by atoms with E-state index in [0.29, 0.717) is 0 Å². The van der Waals surface area contributed by atoms with Crippen LogP contribution in [0.3, 0.4) is 0 Å². The number of aromatic nitrogens is 1. The van der Waals surface area contributed by atoms with Gasteiger partial charge in [0.2, 0.25) is 0 Å². The highest BCUT2D eigenvalue weighted by molar-refractivity contribution is 6.12. The monoisotopic (exact) mass is 412 g/mol. The number of fused-ring (bicyclic) bond motifs is 5. The molecular weight excluding hydrogens is 392 g/mol. The van der Waals surface area contributed by atoms with Crippen molar-refractivity contribution in [2.24, 2.45) is 7.05 Å². The van der Waals surface area contributed by atoms with E-state index >= 15 is 0 Å². The van der Waals surface area contributed by atoms with Crippen molar-refractivity contribution in [1.29, 1.82) is 0 Å². The fourth-order valence-corrected chi connectivity index (χ4v) is 4.24. The Morgan fingerprint density at radius 1 is 1.10 bits per heavy atom. The van der Waals surface area contributed by atoms with E-state index in [4.69, 9.17) is 0 Å². The lowest BCUT2D eigenvalue weighted by atomic mass is 9.98. The minimum atomic E-state index is -3.27. The van der Waals surface area contributed by atoms with Crippen LogP contribution in [0.4, 0.5) is 28.9 Å². The Balaban J connectivity index is 2.16. The molecule has 156 valence electrons. The number of benzene rings is 1. The Morgan fingerprint density at radius 3 is 2.38 bits per heavy atom. The van der Waals surface area contributed by atoms with Crippen LogP contribution in [-0.2, 0) is 11.8 Å². The maximum Gasteiger partial charge on any atom is 0.321 e. The van der Waals surface area contributed by atoms with E-state index in [0.717, 1.165) is 10.6 Å². The van der Waals surface area contributed by atoms with Gasteiger partial charge in [0.1, 0.15) is 17.5 Å². The molecule has 1 saturated heterocycles. The molecule has 1 fully saturated rings. The quantitative estimate of drug-likeness (QED) is 0.532. The number of likely N-dealkylation sites (N-methyl/N-ethyl adjacent to an activating group) is 1. The van der Waals surface area contributed by atoms with E-state index in [2.05, 4.69) is 0 Å². The van der Waals surface area contributed by atoms with Crippen LogP contribution in [0.15, 0.2) is 10.9 Å². The number of rotatable bonds is 1. The van der Waals surface area contributed by atoms with E-state index in [1.54, 1.807) is 11.9 Å². The van der Waals surface area contributed by atoms with Gasteiger partial charge in [-0.2, -0.15) is 8.78 Å². The second kappa shape index (κ2) is 6.45. The molecule has 0 radical (unpaired) electrons. The number of halogens is 4. The fourth-order valence-electron chi connectivity index (χ4n) is 4.24. The Hall–Kier alpha value is -2.62. The molecule has 0 saturated carbocycles. The summed E-state index contributed by atoms with van der Waals surface area (Å²) in [6.07, 6.45) is 0. The second-order valence-electron chi connectivity index (χ2n) is 7.70. The normalized spacial score (nSPS) is 22.4. The van der Waals surface area contributed by atoms with Crippen molar-refractivity contribution in [3.05, 3.63) is 33.6 Å². The molecule has 2 atom stereocenters. The molecule has 0 spiro atoms. The van der Waals surface area contributed by atoms with Crippen LogP contribution < -0.4 is 15.4 Å². The summed E-state index contributed by atoms with van der Waals surface area (Å²) in [6.45, 7) is 0.253. The average Bonchev–Trinajstić information content (AvgIpc) is 2.65. The summed E-state index contributed by atoms with van der Waals surface area (Å²) in [4.78, 5) is 29.4. The first-order valence-corrected chi connectivity index (χ1v) is 9.15. The number of anilines is 2. The molecule has 2 aliphatic heterocycles. The van der Waals surface area contributed by atoms with E-state index in [9.17, 15) is 27.2 Å². The third kappa shape index (κ3) is 2.58. The Morgan fingerprint density at radius 2 is 1.76 bits per heavy atom. The second-order valence-corrected chi connectivity index (χ2v) is 7.70. The number of pyridine rings is 1. The van der Waals surface area contributed by atoms with Gasteiger partial charge >= 0.3 is 6.55 Å². The minimum Gasteiger partial charge on any atom is -0.354 e. The SMILES string of the molecule is Cc1c(F)cc2c3c(c(=O)n(C)c2c1F)N(C(F)F)C(=O)C1CN(C)C(C)CN31. The number of hydrogen-bond acceptors (Lipinski definition) is 4. The maximum atomic E-state index is 14.9. The molecule has 1 amide bonds. The van der Waals surface area contributed by atoms with Crippen LogP contribution >= 0.6 is 0 Å². The Kier molecular flexibility index (Phi) is 4.38. The summed E-state index contributed by atoms with van der Waals surface area (Å²) >= 11 is 0. The van der Waals surface area contributed by atoms with Gasteiger partial charge in [-0.25, -0.2) is 13.7 Å². The van der Waals surface area contributed by atoms with E-state index < -0.39 is 41.4 Å². The van der Waals surface area contributed by atoms with Crippen molar-refractivity contribution < 1.29 is 22.4 Å². The molecule has 2 aromatic rings. The van der Waals surface area contributed by atoms with Gasteiger partial charge in [-0.15, -0.1) is 0 Å². The molecule has 29 heavy (non-hydrogen) atoms. The number of carbonyl (C=O) groups is 1. The van der Waals surface area contributed by atoms with Crippen LogP contribution in [-0.4, -0.2) is 54.1 Å². The van der Waals surface area contributed by atoms with Crippen molar-refractivity contribution in [2.45, 2.75) is 32.5 Å². The summed E-state index contributed by atoms with van der Waals surface area (Å²) < 4.78 is 58.0. The largest absolute Gasteiger partial charge is 0.354 e. The molecule has 0 aliphatic carbocycles. The molecule has 6 nitrogen and oxygen atoms in total. The summed E-state index contributed by atoms with van der Waals surface area (Å²) in [5.74, 6) is -2.69. The van der Waals surface area contributed by atoms with Crippen LogP contribution in [0, 0.1) is 18.6 Å². The Labute approximate surface area is 163 Å². The number of hydrogen-bond donors (Lipinski definition) is 0. The zero-order valence-electron chi connectivity index (χ0n) is 16.3. The van der Waals surface area contributed by atoms with Gasteiger partial charge in [0, 0.05) is 37.1 Å². The molecule has 0 N–H and O–H groups in total. The molecule has 3 heterocycles.